The molecule has 108 valence electrons. The summed E-state index contributed by atoms with van der Waals surface area (Å²) in [7, 11) is 0. The van der Waals surface area contributed by atoms with Gasteiger partial charge in [0, 0.05) is 47.8 Å². The molecule has 0 saturated carbocycles. The Hall–Kier alpha value is -2.76. The van der Waals surface area contributed by atoms with E-state index >= 15 is 0 Å². The molecule has 6 heteroatoms. The number of nitrogens with one attached hydrogen (secondary N) is 2. The lowest BCUT2D eigenvalue weighted by Gasteiger charge is -2.14. The first-order valence-corrected chi connectivity index (χ1v) is 6.76. The van der Waals surface area contributed by atoms with E-state index in [0.29, 0.717) is 17.8 Å². The van der Waals surface area contributed by atoms with E-state index in [1.54, 1.807) is 24.8 Å². The highest BCUT2D eigenvalue weighted by atomic mass is 16.1. The molecule has 1 unspecified atom stereocenters. The first kappa shape index (κ1) is 13.2. The van der Waals surface area contributed by atoms with Crippen molar-refractivity contribution in [3.05, 3.63) is 48.7 Å². The molecule has 1 amide bonds. The summed E-state index contributed by atoms with van der Waals surface area (Å²) >= 11 is 0. The predicted molar refractivity (Wildman–Crippen MR) is 81.9 cm³/mol. The average Bonchev–Trinajstić information content (AvgIpc) is 3.06. The lowest BCUT2D eigenvalue weighted by molar-refractivity contribution is 0.0938. The standard InChI is InChI=1S/C15H17N5O/c1-10(8-20-5-4-17-9-20)19-15(21)13-7-18-14-6-11(16)2-3-12(13)14/h2-7,9-10,18H,8,16H2,1H3,(H,19,21). The zero-order valence-electron chi connectivity index (χ0n) is 11.7. The number of benzene rings is 1. The third-order valence-electron chi connectivity index (χ3n) is 3.37. The van der Waals surface area contributed by atoms with Gasteiger partial charge < -0.3 is 20.6 Å². The monoisotopic (exact) mass is 283 g/mol. The molecule has 1 aromatic carbocycles. The number of anilines is 1. The van der Waals surface area contributed by atoms with Crippen LogP contribution in [0.2, 0.25) is 0 Å². The van der Waals surface area contributed by atoms with Gasteiger partial charge >= 0.3 is 0 Å². The van der Waals surface area contributed by atoms with Gasteiger partial charge in [0.1, 0.15) is 0 Å². The second kappa shape index (κ2) is 5.32. The van der Waals surface area contributed by atoms with Gasteiger partial charge in [-0.3, -0.25) is 4.79 Å². The summed E-state index contributed by atoms with van der Waals surface area (Å²) in [6, 6.07) is 5.48. The lowest BCUT2D eigenvalue weighted by atomic mass is 10.1. The zero-order chi connectivity index (χ0) is 14.8. The van der Waals surface area contributed by atoms with E-state index in [-0.39, 0.29) is 11.9 Å². The number of imidazole rings is 1. The second-order valence-corrected chi connectivity index (χ2v) is 5.14. The van der Waals surface area contributed by atoms with Gasteiger partial charge in [-0.1, -0.05) is 0 Å². The molecule has 0 aliphatic heterocycles. The van der Waals surface area contributed by atoms with E-state index in [0.717, 1.165) is 10.9 Å². The molecular weight excluding hydrogens is 266 g/mol. The van der Waals surface area contributed by atoms with Gasteiger partial charge in [0.15, 0.2) is 0 Å². The highest BCUT2D eigenvalue weighted by Gasteiger charge is 2.14. The number of H-pyrrole nitrogens is 1. The normalized spacial score (nSPS) is 12.4. The van der Waals surface area contributed by atoms with Gasteiger partial charge in [-0.05, 0) is 25.1 Å². The summed E-state index contributed by atoms with van der Waals surface area (Å²) in [6.07, 6.45) is 7.04. The molecular formula is C15H17N5O. The van der Waals surface area contributed by atoms with E-state index in [9.17, 15) is 4.79 Å². The number of nitrogens with zero attached hydrogens (tertiary/aromatic N) is 2. The van der Waals surface area contributed by atoms with Gasteiger partial charge in [-0.25, -0.2) is 4.98 Å². The zero-order valence-corrected chi connectivity index (χ0v) is 11.7. The van der Waals surface area contributed by atoms with Crippen LogP contribution in [0.25, 0.3) is 10.9 Å². The van der Waals surface area contributed by atoms with Gasteiger partial charge in [0.25, 0.3) is 5.91 Å². The van der Waals surface area contributed by atoms with Crippen LogP contribution in [0.1, 0.15) is 17.3 Å². The number of fused-ring (bicyclic) bond motifs is 1. The van der Waals surface area contributed by atoms with Crippen LogP contribution in [0.5, 0.6) is 0 Å². The molecule has 0 bridgehead atoms. The van der Waals surface area contributed by atoms with Gasteiger partial charge in [-0.15, -0.1) is 0 Å². The molecule has 2 heterocycles. The number of aromatic nitrogens is 3. The molecule has 0 spiro atoms. The van der Waals surface area contributed by atoms with E-state index in [1.807, 2.05) is 29.8 Å². The molecule has 3 rings (SSSR count). The molecule has 6 nitrogen and oxygen atoms in total. The van der Waals surface area contributed by atoms with Crippen molar-refractivity contribution in [3.8, 4) is 0 Å². The van der Waals surface area contributed by atoms with Gasteiger partial charge in [0.05, 0.1) is 11.9 Å². The maximum atomic E-state index is 12.4. The minimum atomic E-state index is -0.0985. The Morgan fingerprint density at radius 1 is 1.52 bits per heavy atom. The van der Waals surface area contributed by atoms with Crippen molar-refractivity contribution in [1.82, 2.24) is 19.9 Å². The number of carbonyl (C=O) groups is 1. The number of rotatable bonds is 4. The van der Waals surface area contributed by atoms with Crippen molar-refractivity contribution in [3.63, 3.8) is 0 Å². The van der Waals surface area contributed by atoms with Crippen LogP contribution in [-0.2, 0) is 6.54 Å². The van der Waals surface area contributed by atoms with Crippen molar-refractivity contribution in [2.45, 2.75) is 19.5 Å². The highest BCUT2D eigenvalue weighted by Crippen LogP contribution is 2.20. The highest BCUT2D eigenvalue weighted by molar-refractivity contribution is 6.07. The fourth-order valence-electron chi connectivity index (χ4n) is 2.39. The molecule has 4 N–H and O–H groups in total. The molecule has 1 atom stereocenters. The summed E-state index contributed by atoms with van der Waals surface area (Å²) in [4.78, 5) is 19.4. The van der Waals surface area contributed by atoms with Crippen LogP contribution in [0.3, 0.4) is 0 Å². The quantitative estimate of drug-likeness (QED) is 0.637. The van der Waals surface area contributed by atoms with Crippen LogP contribution >= 0.6 is 0 Å². The van der Waals surface area contributed by atoms with E-state index in [2.05, 4.69) is 15.3 Å². The molecule has 0 fully saturated rings. The molecule has 2 aromatic heterocycles. The maximum absolute atomic E-state index is 12.4. The van der Waals surface area contributed by atoms with Crippen molar-refractivity contribution in [2.75, 3.05) is 5.73 Å². The fourth-order valence-corrected chi connectivity index (χ4v) is 2.39. The number of nitrogens with two attached hydrogens (primary N) is 1. The van der Waals surface area contributed by atoms with Crippen molar-refractivity contribution < 1.29 is 4.79 Å². The Labute approximate surface area is 122 Å². The summed E-state index contributed by atoms with van der Waals surface area (Å²) < 4.78 is 1.93. The molecule has 0 aliphatic rings. The van der Waals surface area contributed by atoms with Gasteiger partial charge in [-0.2, -0.15) is 0 Å². The molecule has 0 aliphatic carbocycles. The number of hydrogen-bond donors (Lipinski definition) is 3. The first-order valence-electron chi connectivity index (χ1n) is 6.76. The van der Waals surface area contributed by atoms with Gasteiger partial charge in [0.2, 0.25) is 0 Å². The van der Waals surface area contributed by atoms with E-state index < -0.39 is 0 Å². The largest absolute Gasteiger partial charge is 0.399 e. The smallest absolute Gasteiger partial charge is 0.253 e. The fraction of sp³-hybridized carbons (Fsp3) is 0.200. The minimum absolute atomic E-state index is 0.00503. The van der Waals surface area contributed by atoms with Crippen molar-refractivity contribution in [1.29, 1.82) is 0 Å². The number of hydrogen-bond acceptors (Lipinski definition) is 3. The Balaban J connectivity index is 1.74. The Morgan fingerprint density at radius 2 is 2.38 bits per heavy atom. The summed E-state index contributed by atoms with van der Waals surface area (Å²) in [5.41, 5.74) is 7.90. The van der Waals surface area contributed by atoms with Crippen molar-refractivity contribution >= 4 is 22.5 Å². The lowest BCUT2D eigenvalue weighted by Crippen LogP contribution is -2.35. The Kier molecular flexibility index (Phi) is 3.35. The number of carbonyl (C=O) groups excluding carboxylic acids is 1. The number of amides is 1. The average molecular weight is 283 g/mol. The van der Waals surface area contributed by atoms with Crippen LogP contribution in [0.4, 0.5) is 5.69 Å². The Morgan fingerprint density at radius 3 is 3.14 bits per heavy atom. The van der Waals surface area contributed by atoms with Crippen LogP contribution in [0.15, 0.2) is 43.1 Å². The number of aromatic amines is 1. The summed E-state index contributed by atoms with van der Waals surface area (Å²) in [6.45, 7) is 2.64. The van der Waals surface area contributed by atoms with E-state index in [4.69, 9.17) is 5.73 Å². The molecule has 21 heavy (non-hydrogen) atoms. The molecule has 0 saturated heterocycles. The van der Waals surface area contributed by atoms with Crippen molar-refractivity contribution in [2.24, 2.45) is 0 Å². The summed E-state index contributed by atoms with van der Waals surface area (Å²) in [5, 5.41) is 3.86. The SMILES string of the molecule is CC(Cn1ccnc1)NC(=O)c1c[nH]c2cc(N)ccc12. The Bertz CT molecular complexity index is 760. The third-order valence-corrected chi connectivity index (χ3v) is 3.37. The third kappa shape index (κ3) is 2.74. The first-order chi connectivity index (χ1) is 10.1. The van der Waals surface area contributed by atoms with Crippen LogP contribution in [-0.4, -0.2) is 26.5 Å². The van der Waals surface area contributed by atoms with Crippen LogP contribution < -0.4 is 11.1 Å². The predicted octanol–water partition coefficient (Wildman–Crippen LogP) is 1.77. The van der Waals surface area contributed by atoms with Crippen LogP contribution in [0, 0.1) is 0 Å². The topological polar surface area (TPSA) is 88.7 Å². The second-order valence-electron chi connectivity index (χ2n) is 5.14. The minimum Gasteiger partial charge on any atom is -0.399 e. The van der Waals surface area contributed by atoms with E-state index in [1.165, 1.54) is 0 Å². The number of nitrogen functional groups attached to an aromatic ring is 1. The molecule has 0 radical (unpaired) electrons. The maximum Gasteiger partial charge on any atom is 0.253 e. The molecule has 3 aromatic rings. The summed E-state index contributed by atoms with van der Waals surface area (Å²) in [5.74, 6) is -0.0985.